The number of aliphatic imine (C=N–C) groups is 1. The molecule has 5 nitrogen and oxygen atoms in total. The van der Waals surface area contributed by atoms with Gasteiger partial charge in [-0.15, -0.1) is 0 Å². The zero-order valence-corrected chi connectivity index (χ0v) is 13.2. The van der Waals surface area contributed by atoms with Gasteiger partial charge in [0.2, 0.25) is 0 Å². The molecule has 0 aliphatic carbocycles. The van der Waals surface area contributed by atoms with Gasteiger partial charge in [0.1, 0.15) is 11.6 Å². The van der Waals surface area contributed by atoms with Crippen LogP contribution in [-0.4, -0.2) is 23.7 Å². The van der Waals surface area contributed by atoms with Gasteiger partial charge in [-0.3, -0.25) is 9.79 Å². The van der Waals surface area contributed by atoms with E-state index >= 15 is 0 Å². The lowest BCUT2D eigenvalue weighted by atomic mass is 10.1. The van der Waals surface area contributed by atoms with E-state index in [0.29, 0.717) is 6.07 Å². The third-order valence-corrected chi connectivity index (χ3v) is 3.56. The molecule has 1 aliphatic heterocycles. The molecule has 0 saturated heterocycles. The van der Waals surface area contributed by atoms with Crippen LogP contribution < -0.4 is 10.2 Å². The van der Waals surface area contributed by atoms with Crippen molar-refractivity contribution in [1.82, 2.24) is 4.98 Å². The quantitative estimate of drug-likeness (QED) is 0.842. The highest BCUT2D eigenvalue weighted by atomic mass is 19.4. The average Bonchev–Trinajstić information content (AvgIpc) is 2.61. The number of benzene rings is 1. The summed E-state index contributed by atoms with van der Waals surface area (Å²) >= 11 is 0. The molecule has 1 aliphatic rings. The van der Waals surface area contributed by atoms with Gasteiger partial charge in [0.05, 0.1) is 23.4 Å². The summed E-state index contributed by atoms with van der Waals surface area (Å²) in [4.78, 5) is 21.6. The second-order valence-electron chi connectivity index (χ2n) is 5.30. The van der Waals surface area contributed by atoms with Crippen molar-refractivity contribution in [3.05, 3.63) is 65.9 Å². The standard InChI is InChI=1S/C17H12F4N4O/c18-13-3-1-2-12(15(13)25-8-6-22-7-9-25)16(26)24-14-10-11(4-5-23-14)17(19,20)21/h1-8,10H,9H2,(H,23,24,26). The van der Waals surface area contributed by atoms with Crippen LogP contribution in [0, 0.1) is 5.82 Å². The maximum atomic E-state index is 14.3. The van der Waals surface area contributed by atoms with Gasteiger partial charge in [0.15, 0.2) is 0 Å². The monoisotopic (exact) mass is 364 g/mol. The zero-order chi connectivity index (χ0) is 18.7. The molecular formula is C17H12F4N4O. The van der Waals surface area contributed by atoms with Crippen molar-refractivity contribution in [3.8, 4) is 0 Å². The Labute approximate surface area is 145 Å². The molecule has 0 atom stereocenters. The number of carbonyl (C=O) groups excluding carboxylic acids is 1. The highest BCUT2D eigenvalue weighted by Gasteiger charge is 2.31. The summed E-state index contributed by atoms with van der Waals surface area (Å²) in [5.74, 6) is -1.70. The Morgan fingerprint density at radius 1 is 1.23 bits per heavy atom. The number of hydrogen-bond donors (Lipinski definition) is 1. The third-order valence-electron chi connectivity index (χ3n) is 3.56. The average molecular weight is 364 g/mol. The van der Waals surface area contributed by atoms with Crippen molar-refractivity contribution in [2.24, 2.45) is 4.99 Å². The van der Waals surface area contributed by atoms with Gasteiger partial charge in [-0.1, -0.05) is 6.07 Å². The molecule has 3 rings (SSSR count). The van der Waals surface area contributed by atoms with E-state index in [-0.39, 0.29) is 23.6 Å². The summed E-state index contributed by atoms with van der Waals surface area (Å²) in [6, 6.07) is 5.41. The van der Waals surface area contributed by atoms with E-state index in [1.165, 1.54) is 41.7 Å². The number of nitrogens with one attached hydrogen (secondary N) is 1. The predicted molar refractivity (Wildman–Crippen MR) is 88.6 cm³/mol. The maximum absolute atomic E-state index is 14.3. The van der Waals surface area contributed by atoms with Crippen LogP contribution in [0.15, 0.2) is 53.9 Å². The Balaban J connectivity index is 1.91. The summed E-state index contributed by atoms with van der Waals surface area (Å²) in [6.45, 7) is 0.250. The van der Waals surface area contributed by atoms with E-state index < -0.39 is 23.5 Å². The molecule has 0 bridgehead atoms. The summed E-state index contributed by atoms with van der Waals surface area (Å²) in [5.41, 5.74) is -0.985. The number of pyridine rings is 1. The van der Waals surface area contributed by atoms with Crippen LogP contribution in [0.3, 0.4) is 0 Å². The Morgan fingerprint density at radius 2 is 2.04 bits per heavy atom. The summed E-state index contributed by atoms with van der Waals surface area (Å²) < 4.78 is 52.6. The van der Waals surface area contributed by atoms with Gasteiger partial charge >= 0.3 is 6.18 Å². The highest BCUT2D eigenvalue weighted by Crippen LogP contribution is 2.30. The number of aromatic nitrogens is 1. The van der Waals surface area contributed by atoms with E-state index in [9.17, 15) is 22.4 Å². The fourth-order valence-corrected chi connectivity index (χ4v) is 2.39. The Kier molecular flexibility index (Phi) is 4.70. The minimum Gasteiger partial charge on any atom is -0.338 e. The molecule has 134 valence electrons. The molecule has 0 unspecified atom stereocenters. The van der Waals surface area contributed by atoms with Gasteiger partial charge in [0, 0.05) is 24.8 Å². The first-order valence-corrected chi connectivity index (χ1v) is 7.44. The Hall–Kier alpha value is -3.23. The SMILES string of the molecule is O=C(Nc1cc(C(F)(F)F)ccn1)c1cccc(F)c1N1C=CN=CC1. The minimum absolute atomic E-state index is 0.000578. The largest absolute Gasteiger partial charge is 0.416 e. The maximum Gasteiger partial charge on any atom is 0.416 e. The van der Waals surface area contributed by atoms with Crippen LogP contribution in [0.5, 0.6) is 0 Å². The van der Waals surface area contributed by atoms with Crippen molar-refractivity contribution < 1.29 is 22.4 Å². The van der Waals surface area contributed by atoms with E-state index in [2.05, 4.69) is 15.3 Å². The molecule has 1 N–H and O–H groups in total. The molecule has 26 heavy (non-hydrogen) atoms. The Bertz CT molecular complexity index is 893. The number of amides is 1. The molecular weight excluding hydrogens is 352 g/mol. The van der Waals surface area contributed by atoms with E-state index in [1.54, 1.807) is 0 Å². The lowest BCUT2D eigenvalue weighted by Gasteiger charge is -2.23. The number of halogens is 4. The molecule has 0 fully saturated rings. The van der Waals surface area contributed by atoms with Gasteiger partial charge in [-0.25, -0.2) is 9.37 Å². The first kappa shape index (κ1) is 17.6. The first-order valence-electron chi connectivity index (χ1n) is 7.44. The number of nitrogens with zero attached hydrogens (tertiary/aromatic N) is 3. The number of hydrogen-bond acceptors (Lipinski definition) is 4. The summed E-state index contributed by atoms with van der Waals surface area (Å²) in [6.07, 6.45) is 0.839. The molecule has 2 aromatic rings. The second kappa shape index (κ2) is 6.95. The first-order chi connectivity index (χ1) is 12.4. The topological polar surface area (TPSA) is 57.6 Å². The van der Waals surface area contributed by atoms with Crippen molar-refractivity contribution in [1.29, 1.82) is 0 Å². The molecule has 9 heteroatoms. The van der Waals surface area contributed by atoms with E-state index in [4.69, 9.17) is 0 Å². The van der Waals surface area contributed by atoms with Crippen LogP contribution in [0.1, 0.15) is 15.9 Å². The van der Waals surface area contributed by atoms with Gasteiger partial charge in [-0.2, -0.15) is 13.2 Å². The number of anilines is 2. The summed E-state index contributed by atoms with van der Waals surface area (Å²) in [5, 5.41) is 2.28. The highest BCUT2D eigenvalue weighted by molar-refractivity contribution is 6.08. The van der Waals surface area contributed by atoms with Crippen molar-refractivity contribution in [3.63, 3.8) is 0 Å². The third kappa shape index (κ3) is 3.71. The molecule has 1 aromatic heterocycles. The van der Waals surface area contributed by atoms with Gasteiger partial charge in [0.25, 0.3) is 5.91 Å². The van der Waals surface area contributed by atoms with E-state index in [1.807, 2.05) is 0 Å². The van der Waals surface area contributed by atoms with Crippen LogP contribution in [-0.2, 0) is 6.18 Å². The molecule has 0 radical (unpaired) electrons. The number of rotatable bonds is 3. The molecule has 1 amide bonds. The van der Waals surface area contributed by atoms with Crippen LogP contribution >= 0.6 is 0 Å². The fraction of sp³-hybridized carbons (Fsp3) is 0.118. The fourth-order valence-electron chi connectivity index (χ4n) is 2.39. The zero-order valence-electron chi connectivity index (χ0n) is 13.2. The molecule has 0 spiro atoms. The predicted octanol–water partition coefficient (Wildman–Crippen LogP) is 3.85. The second-order valence-corrected chi connectivity index (χ2v) is 5.30. The molecule has 2 heterocycles. The lowest BCUT2D eigenvalue weighted by Crippen LogP contribution is -2.25. The smallest absolute Gasteiger partial charge is 0.338 e. The number of alkyl halides is 3. The van der Waals surface area contributed by atoms with Crippen molar-refractivity contribution in [2.45, 2.75) is 6.18 Å². The minimum atomic E-state index is -4.57. The van der Waals surface area contributed by atoms with Crippen molar-refractivity contribution in [2.75, 3.05) is 16.8 Å². The van der Waals surface area contributed by atoms with Crippen LogP contribution in [0.2, 0.25) is 0 Å². The van der Waals surface area contributed by atoms with Crippen LogP contribution in [0.4, 0.5) is 29.1 Å². The molecule has 1 aromatic carbocycles. The normalized spacial score (nSPS) is 13.8. The van der Waals surface area contributed by atoms with Crippen molar-refractivity contribution >= 4 is 23.6 Å². The number of carbonyl (C=O) groups is 1. The van der Waals surface area contributed by atoms with Crippen LogP contribution in [0.25, 0.3) is 0 Å². The summed E-state index contributed by atoms with van der Waals surface area (Å²) in [7, 11) is 0. The Morgan fingerprint density at radius 3 is 2.73 bits per heavy atom. The lowest BCUT2D eigenvalue weighted by molar-refractivity contribution is -0.137. The number of para-hydroxylation sites is 1. The van der Waals surface area contributed by atoms with E-state index in [0.717, 1.165) is 12.3 Å². The van der Waals surface area contributed by atoms with Gasteiger partial charge in [-0.05, 0) is 24.3 Å². The molecule has 0 saturated carbocycles. The van der Waals surface area contributed by atoms with Gasteiger partial charge < -0.3 is 10.2 Å².